The Hall–Kier alpha value is -2.61. The number of hydrogen-bond donors (Lipinski definition) is 3. The van der Waals surface area contributed by atoms with Crippen LogP contribution in [0.4, 0.5) is 20.6 Å². The first-order valence-electron chi connectivity index (χ1n) is 10.5. The average Bonchev–Trinajstić information content (AvgIpc) is 3.60. The van der Waals surface area contributed by atoms with Crippen LogP contribution in [0.2, 0.25) is 5.02 Å². The second kappa shape index (κ2) is 8.80. The van der Waals surface area contributed by atoms with E-state index in [-0.39, 0.29) is 28.6 Å². The van der Waals surface area contributed by atoms with Crippen molar-refractivity contribution in [3.8, 4) is 5.75 Å². The van der Waals surface area contributed by atoms with Crippen LogP contribution in [0.15, 0.2) is 41.3 Å². The lowest BCUT2D eigenvalue weighted by Gasteiger charge is -2.42. The molecule has 0 aromatic heterocycles. The largest absolute Gasteiger partial charge is 0.484 e. The highest BCUT2D eigenvalue weighted by Gasteiger charge is 2.46. The van der Waals surface area contributed by atoms with E-state index in [1.807, 2.05) is 0 Å². The van der Waals surface area contributed by atoms with Gasteiger partial charge in [-0.05, 0) is 63.1 Å². The van der Waals surface area contributed by atoms with Crippen LogP contribution >= 0.6 is 11.6 Å². The molecule has 1 heterocycles. The van der Waals surface area contributed by atoms with Crippen LogP contribution in [-0.2, 0) is 20.0 Å². The maximum atomic E-state index is 13.7. The van der Waals surface area contributed by atoms with Crippen molar-refractivity contribution in [2.24, 2.45) is 0 Å². The lowest BCUT2D eigenvalue weighted by Crippen LogP contribution is -2.60. The first-order valence-corrected chi connectivity index (χ1v) is 13.9. The van der Waals surface area contributed by atoms with Crippen molar-refractivity contribution in [2.45, 2.75) is 48.5 Å². The van der Waals surface area contributed by atoms with Crippen LogP contribution < -0.4 is 19.1 Å². The molecule has 2 aliphatic rings. The molecule has 1 unspecified atom stereocenters. The quantitative estimate of drug-likeness (QED) is 0.482. The Morgan fingerprint density at radius 2 is 1.86 bits per heavy atom. The third-order valence-corrected chi connectivity index (χ3v) is 9.96. The SMILES string of the molecule is CC(C)(NS(=O)(=O)C1CC1)C1CN(S(=O)(=O)c2ccc(F)c(Cl)c2)c2cc(NC(=O)O)ccc2O1. The number of hydrogen-bond acceptors (Lipinski definition) is 6. The van der Waals surface area contributed by atoms with Gasteiger partial charge < -0.3 is 9.84 Å². The van der Waals surface area contributed by atoms with Gasteiger partial charge in [0.15, 0.2) is 0 Å². The normalized spacial score (nSPS) is 18.5. The van der Waals surface area contributed by atoms with Crippen LogP contribution in [0.3, 0.4) is 0 Å². The Kier molecular flexibility index (Phi) is 6.41. The first-order chi connectivity index (χ1) is 16.2. The van der Waals surface area contributed by atoms with Crippen LogP contribution in [0.5, 0.6) is 5.75 Å². The molecule has 2 aromatic rings. The molecular weight excluding hydrogens is 525 g/mol. The highest BCUT2D eigenvalue weighted by molar-refractivity contribution is 7.92. The molecule has 35 heavy (non-hydrogen) atoms. The minimum absolute atomic E-state index is 0.0220. The fraction of sp³-hybridized carbons (Fsp3) is 0.381. The second-order valence-electron chi connectivity index (χ2n) is 8.90. The van der Waals surface area contributed by atoms with Gasteiger partial charge in [0.2, 0.25) is 10.0 Å². The predicted octanol–water partition coefficient (Wildman–Crippen LogP) is 3.39. The van der Waals surface area contributed by atoms with Crippen molar-refractivity contribution < 1.29 is 35.9 Å². The van der Waals surface area contributed by atoms with Crippen molar-refractivity contribution in [3.05, 3.63) is 47.2 Å². The molecule has 0 saturated heterocycles. The van der Waals surface area contributed by atoms with E-state index in [1.54, 1.807) is 13.8 Å². The van der Waals surface area contributed by atoms with Crippen molar-refractivity contribution >= 4 is 49.1 Å². The summed E-state index contributed by atoms with van der Waals surface area (Å²) in [6, 6.07) is 7.00. The van der Waals surface area contributed by atoms with Crippen molar-refractivity contribution in [3.63, 3.8) is 0 Å². The van der Waals surface area contributed by atoms with E-state index in [1.165, 1.54) is 18.2 Å². The molecule has 1 amide bonds. The number of nitrogens with one attached hydrogen (secondary N) is 2. The highest BCUT2D eigenvalue weighted by Crippen LogP contribution is 2.41. The summed E-state index contributed by atoms with van der Waals surface area (Å²) in [5.74, 6) is -0.706. The summed E-state index contributed by atoms with van der Waals surface area (Å²) in [7, 11) is -7.99. The van der Waals surface area contributed by atoms with Gasteiger partial charge in [-0.3, -0.25) is 9.62 Å². The molecule has 1 aliphatic heterocycles. The summed E-state index contributed by atoms with van der Waals surface area (Å²) < 4.78 is 75.8. The van der Waals surface area contributed by atoms with E-state index >= 15 is 0 Å². The Bertz CT molecular complexity index is 1400. The maximum Gasteiger partial charge on any atom is 0.409 e. The zero-order valence-corrected chi connectivity index (χ0v) is 21.0. The maximum absolute atomic E-state index is 13.7. The number of carbonyl (C=O) groups is 1. The fourth-order valence-corrected chi connectivity index (χ4v) is 7.24. The number of carboxylic acid groups (broad SMARTS) is 1. The molecule has 14 heteroatoms. The van der Waals surface area contributed by atoms with Crippen molar-refractivity contribution in [1.29, 1.82) is 0 Å². The van der Waals surface area contributed by atoms with E-state index in [0.29, 0.717) is 12.8 Å². The zero-order chi connectivity index (χ0) is 25.8. The van der Waals surface area contributed by atoms with Crippen LogP contribution in [0.25, 0.3) is 0 Å². The highest BCUT2D eigenvalue weighted by atomic mass is 35.5. The van der Waals surface area contributed by atoms with Crippen molar-refractivity contribution in [1.82, 2.24) is 4.72 Å². The van der Waals surface area contributed by atoms with E-state index < -0.39 is 53.9 Å². The number of nitrogens with zero attached hydrogens (tertiary/aromatic N) is 1. The van der Waals surface area contributed by atoms with Gasteiger partial charge in [-0.25, -0.2) is 30.7 Å². The topological polar surface area (TPSA) is 142 Å². The number of ether oxygens (including phenoxy) is 1. The molecular formula is C21H23ClFN3O7S2. The summed E-state index contributed by atoms with van der Waals surface area (Å²) in [5.41, 5.74) is -1.11. The van der Waals surface area contributed by atoms with Crippen LogP contribution in [0, 0.1) is 5.82 Å². The number of benzene rings is 2. The molecule has 0 radical (unpaired) electrons. The average molecular weight is 548 g/mol. The molecule has 4 rings (SSSR count). The third kappa shape index (κ3) is 5.17. The predicted molar refractivity (Wildman–Crippen MR) is 128 cm³/mol. The molecule has 1 saturated carbocycles. The van der Waals surface area contributed by atoms with E-state index in [4.69, 9.17) is 21.4 Å². The number of halogens is 2. The Morgan fingerprint density at radius 1 is 1.17 bits per heavy atom. The smallest absolute Gasteiger partial charge is 0.409 e. The number of amides is 1. The Balaban J connectivity index is 1.78. The zero-order valence-electron chi connectivity index (χ0n) is 18.7. The van der Waals surface area contributed by atoms with Crippen molar-refractivity contribution in [2.75, 3.05) is 16.2 Å². The Morgan fingerprint density at radius 3 is 2.46 bits per heavy atom. The second-order valence-corrected chi connectivity index (χ2v) is 13.1. The number of rotatable bonds is 7. The molecule has 0 spiro atoms. The van der Waals surface area contributed by atoms with Crippen LogP contribution in [0.1, 0.15) is 26.7 Å². The monoisotopic (exact) mass is 547 g/mol. The van der Waals surface area contributed by atoms with Gasteiger partial charge in [-0.15, -0.1) is 0 Å². The number of sulfonamides is 2. The van der Waals surface area contributed by atoms with E-state index in [9.17, 15) is 26.0 Å². The first kappa shape index (κ1) is 25.5. The molecule has 1 fully saturated rings. The molecule has 3 N–H and O–H groups in total. The summed E-state index contributed by atoms with van der Waals surface area (Å²) in [6.45, 7) is 2.85. The minimum atomic E-state index is -4.35. The van der Waals surface area contributed by atoms with Gasteiger partial charge in [-0.1, -0.05) is 11.6 Å². The summed E-state index contributed by atoms with van der Waals surface area (Å²) in [4.78, 5) is 10.8. The third-order valence-electron chi connectivity index (χ3n) is 5.73. The van der Waals surface area contributed by atoms with E-state index in [0.717, 1.165) is 22.5 Å². The van der Waals surface area contributed by atoms with Gasteiger partial charge >= 0.3 is 6.09 Å². The Labute approximate surface area is 207 Å². The van der Waals surface area contributed by atoms with Crippen LogP contribution in [-0.4, -0.2) is 51.5 Å². The number of anilines is 2. The molecule has 0 bridgehead atoms. The van der Waals surface area contributed by atoms with Gasteiger partial charge in [0.25, 0.3) is 10.0 Å². The lowest BCUT2D eigenvalue weighted by atomic mass is 9.97. The van der Waals surface area contributed by atoms with E-state index in [2.05, 4.69) is 10.0 Å². The lowest BCUT2D eigenvalue weighted by molar-refractivity contribution is 0.119. The van der Waals surface area contributed by atoms with Gasteiger partial charge in [0.1, 0.15) is 17.7 Å². The standard InChI is InChI=1S/C21H23ClFN3O7S2/c1-21(2,25-34(29,30)13-4-5-13)19-11-26(35(31,32)14-6-7-16(23)15(22)10-14)17-9-12(24-20(27)28)3-8-18(17)33-19/h3,6-10,13,19,24-25H,4-5,11H2,1-2H3,(H,27,28). The summed E-state index contributed by atoms with van der Waals surface area (Å²) in [6.07, 6.45) is -1.22. The summed E-state index contributed by atoms with van der Waals surface area (Å²) >= 11 is 5.82. The molecule has 10 nitrogen and oxygen atoms in total. The van der Waals surface area contributed by atoms with Gasteiger partial charge in [0, 0.05) is 5.69 Å². The van der Waals surface area contributed by atoms with Gasteiger partial charge in [-0.2, -0.15) is 0 Å². The number of fused-ring (bicyclic) bond motifs is 1. The molecule has 1 atom stereocenters. The molecule has 190 valence electrons. The van der Waals surface area contributed by atoms with Gasteiger partial charge in [0.05, 0.1) is 32.9 Å². The summed E-state index contributed by atoms with van der Waals surface area (Å²) in [5, 5.41) is 10.3. The fourth-order valence-electron chi connectivity index (χ4n) is 3.71. The molecule has 2 aromatic carbocycles. The minimum Gasteiger partial charge on any atom is -0.484 e. The molecule has 1 aliphatic carbocycles.